The van der Waals surface area contributed by atoms with Gasteiger partial charge in [0.15, 0.2) is 0 Å². The van der Waals surface area contributed by atoms with Gasteiger partial charge in [0.05, 0.1) is 0 Å². The molecule has 0 amide bonds. The number of imidazole rings is 1. The van der Waals surface area contributed by atoms with Gasteiger partial charge in [-0.05, 0) is 17.5 Å². The predicted octanol–water partition coefficient (Wildman–Crippen LogP) is 4.73. The second-order valence-corrected chi connectivity index (χ2v) is 5.31. The van der Waals surface area contributed by atoms with Crippen molar-refractivity contribution in [1.29, 1.82) is 0 Å². The Labute approximate surface area is 126 Å². The molecule has 3 nitrogen and oxygen atoms in total. The summed E-state index contributed by atoms with van der Waals surface area (Å²) in [6, 6.07) is 12.4. The molecule has 0 unspecified atom stereocenters. The first-order valence-corrected chi connectivity index (χ1v) is 7.15. The Balaban J connectivity index is 2.05. The highest BCUT2D eigenvalue weighted by molar-refractivity contribution is 9.10. The molecule has 0 aliphatic heterocycles. The molecule has 4 heteroatoms. The summed E-state index contributed by atoms with van der Waals surface area (Å²) in [7, 11) is 0. The lowest BCUT2D eigenvalue weighted by Crippen LogP contribution is -2.02. The van der Waals surface area contributed by atoms with Crippen LogP contribution in [0.4, 0.5) is 11.6 Å². The molecule has 20 heavy (non-hydrogen) atoms. The molecule has 3 rings (SSSR count). The first kappa shape index (κ1) is 12.9. The lowest BCUT2D eigenvalue weighted by molar-refractivity contribution is 0.833. The van der Waals surface area contributed by atoms with E-state index < -0.39 is 0 Å². The van der Waals surface area contributed by atoms with E-state index in [0.717, 1.165) is 28.0 Å². The number of halogens is 1. The number of aromatic nitrogens is 2. The van der Waals surface area contributed by atoms with E-state index in [-0.39, 0.29) is 0 Å². The van der Waals surface area contributed by atoms with E-state index in [1.807, 2.05) is 35.0 Å². The van der Waals surface area contributed by atoms with E-state index in [2.05, 4.69) is 51.0 Å². The van der Waals surface area contributed by atoms with Crippen LogP contribution in [0.3, 0.4) is 0 Å². The van der Waals surface area contributed by atoms with Gasteiger partial charge in [-0.3, -0.25) is 0 Å². The van der Waals surface area contributed by atoms with Crippen molar-refractivity contribution in [3.63, 3.8) is 0 Å². The van der Waals surface area contributed by atoms with Gasteiger partial charge in [0.25, 0.3) is 0 Å². The maximum atomic E-state index is 4.35. The fraction of sp³-hybridized carbons (Fsp3) is 0.0625. The number of nitrogens with zero attached hydrogens (tertiary/aromatic N) is 2. The van der Waals surface area contributed by atoms with Crippen LogP contribution in [-0.2, 0) is 6.54 Å². The van der Waals surface area contributed by atoms with Crippen LogP contribution < -0.4 is 5.32 Å². The number of nitrogens with one attached hydrogen (secondary N) is 1. The van der Waals surface area contributed by atoms with Crippen molar-refractivity contribution in [3.8, 4) is 0 Å². The topological polar surface area (TPSA) is 29.9 Å². The molecule has 0 saturated carbocycles. The summed E-state index contributed by atoms with van der Waals surface area (Å²) in [5, 5.41) is 5.73. The van der Waals surface area contributed by atoms with Gasteiger partial charge in [0.2, 0.25) is 5.95 Å². The summed E-state index contributed by atoms with van der Waals surface area (Å²) in [5.41, 5.74) is 1.04. The second-order valence-electron chi connectivity index (χ2n) is 4.46. The molecule has 0 spiro atoms. The third kappa shape index (κ3) is 2.34. The molecule has 0 atom stereocenters. The highest BCUT2D eigenvalue weighted by atomic mass is 79.9. The van der Waals surface area contributed by atoms with Gasteiger partial charge in [-0.2, -0.15) is 0 Å². The zero-order chi connectivity index (χ0) is 13.9. The maximum Gasteiger partial charge on any atom is 0.207 e. The van der Waals surface area contributed by atoms with Crippen molar-refractivity contribution in [1.82, 2.24) is 9.55 Å². The van der Waals surface area contributed by atoms with Crippen LogP contribution in [0.5, 0.6) is 0 Å². The SMILES string of the molecule is C=CCn1ccnc1Nc1ccc(Br)c2ccccc12. The molecule has 0 saturated heterocycles. The Morgan fingerprint density at radius 3 is 2.80 bits per heavy atom. The summed E-state index contributed by atoms with van der Waals surface area (Å²) in [6.07, 6.45) is 5.57. The van der Waals surface area contributed by atoms with Crippen LogP contribution in [0.1, 0.15) is 0 Å². The highest BCUT2D eigenvalue weighted by Crippen LogP contribution is 2.31. The van der Waals surface area contributed by atoms with Gasteiger partial charge in [-0.25, -0.2) is 4.98 Å². The summed E-state index contributed by atoms with van der Waals surface area (Å²) in [6.45, 7) is 4.50. The fourth-order valence-electron chi connectivity index (χ4n) is 2.21. The zero-order valence-electron chi connectivity index (χ0n) is 10.9. The molecule has 0 radical (unpaired) electrons. The molecule has 2 aromatic carbocycles. The Morgan fingerprint density at radius 1 is 1.20 bits per heavy atom. The van der Waals surface area contributed by atoms with Crippen molar-refractivity contribution >= 4 is 38.3 Å². The lowest BCUT2D eigenvalue weighted by Gasteiger charge is -2.11. The molecule has 0 bridgehead atoms. The van der Waals surface area contributed by atoms with Crippen LogP contribution in [0, 0.1) is 0 Å². The number of hydrogen-bond acceptors (Lipinski definition) is 2. The Bertz CT molecular complexity index is 761. The molecule has 0 aliphatic carbocycles. The Hall–Kier alpha value is -2.07. The summed E-state index contributed by atoms with van der Waals surface area (Å²) < 4.78 is 3.11. The third-order valence-corrected chi connectivity index (χ3v) is 3.85. The third-order valence-electron chi connectivity index (χ3n) is 3.16. The zero-order valence-corrected chi connectivity index (χ0v) is 12.5. The van der Waals surface area contributed by atoms with E-state index in [1.165, 1.54) is 5.39 Å². The summed E-state index contributed by atoms with van der Waals surface area (Å²) >= 11 is 3.59. The van der Waals surface area contributed by atoms with Gasteiger partial charge < -0.3 is 9.88 Å². The summed E-state index contributed by atoms with van der Waals surface area (Å²) in [4.78, 5) is 4.35. The molecule has 0 fully saturated rings. The molecule has 3 aromatic rings. The minimum absolute atomic E-state index is 0.733. The van der Waals surface area contributed by atoms with Crippen molar-refractivity contribution in [2.24, 2.45) is 0 Å². The van der Waals surface area contributed by atoms with Gasteiger partial charge in [0.1, 0.15) is 0 Å². The van der Waals surface area contributed by atoms with E-state index in [1.54, 1.807) is 6.20 Å². The second kappa shape index (κ2) is 5.51. The highest BCUT2D eigenvalue weighted by Gasteiger charge is 2.07. The number of benzene rings is 2. The largest absolute Gasteiger partial charge is 0.325 e. The first-order valence-electron chi connectivity index (χ1n) is 6.36. The average molecular weight is 328 g/mol. The van der Waals surface area contributed by atoms with Gasteiger partial charge in [0, 0.05) is 34.5 Å². The van der Waals surface area contributed by atoms with Gasteiger partial charge in [-0.1, -0.05) is 46.3 Å². The van der Waals surface area contributed by atoms with Crippen LogP contribution in [0.25, 0.3) is 10.8 Å². The van der Waals surface area contributed by atoms with Crippen LogP contribution in [0.15, 0.2) is 65.9 Å². The Morgan fingerprint density at radius 2 is 2.00 bits per heavy atom. The lowest BCUT2D eigenvalue weighted by atomic mass is 10.1. The Kier molecular flexibility index (Phi) is 3.56. The molecule has 100 valence electrons. The van der Waals surface area contributed by atoms with E-state index in [9.17, 15) is 0 Å². The molecular weight excluding hydrogens is 314 g/mol. The van der Waals surface area contributed by atoms with Crippen molar-refractivity contribution < 1.29 is 0 Å². The van der Waals surface area contributed by atoms with Crippen LogP contribution in [-0.4, -0.2) is 9.55 Å². The van der Waals surface area contributed by atoms with Crippen molar-refractivity contribution in [2.45, 2.75) is 6.54 Å². The van der Waals surface area contributed by atoms with Gasteiger partial charge >= 0.3 is 0 Å². The number of anilines is 2. The molecule has 0 aliphatic rings. The smallest absolute Gasteiger partial charge is 0.207 e. The maximum absolute atomic E-state index is 4.35. The van der Waals surface area contributed by atoms with E-state index in [0.29, 0.717) is 0 Å². The predicted molar refractivity (Wildman–Crippen MR) is 87.4 cm³/mol. The molecule has 1 aromatic heterocycles. The van der Waals surface area contributed by atoms with E-state index in [4.69, 9.17) is 0 Å². The number of rotatable bonds is 4. The van der Waals surface area contributed by atoms with Crippen molar-refractivity contribution in [3.05, 3.63) is 65.9 Å². The average Bonchev–Trinajstić information content (AvgIpc) is 2.90. The minimum Gasteiger partial charge on any atom is -0.325 e. The minimum atomic E-state index is 0.733. The molecule has 1 N–H and O–H groups in total. The van der Waals surface area contributed by atoms with Crippen LogP contribution in [0.2, 0.25) is 0 Å². The monoisotopic (exact) mass is 327 g/mol. The standard InChI is InChI=1S/C16H14BrN3/c1-2-10-20-11-9-18-16(20)19-15-8-7-14(17)12-5-3-4-6-13(12)15/h2-9,11H,1,10H2,(H,18,19). The number of fused-ring (bicyclic) bond motifs is 1. The number of allylic oxidation sites excluding steroid dienone is 1. The van der Waals surface area contributed by atoms with Crippen LogP contribution >= 0.6 is 15.9 Å². The van der Waals surface area contributed by atoms with Crippen molar-refractivity contribution in [2.75, 3.05) is 5.32 Å². The quantitative estimate of drug-likeness (QED) is 0.702. The number of hydrogen-bond donors (Lipinski definition) is 1. The van der Waals surface area contributed by atoms with Gasteiger partial charge in [-0.15, -0.1) is 6.58 Å². The fourth-order valence-corrected chi connectivity index (χ4v) is 2.69. The summed E-state index contributed by atoms with van der Waals surface area (Å²) in [5.74, 6) is 0.817. The normalized spacial score (nSPS) is 10.7. The molecular formula is C16H14BrN3. The first-order chi connectivity index (χ1) is 9.79. The van der Waals surface area contributed by atoms with E-state index >= 15 is 0 Å². The molecule has 1 heterocycles.